The van der Waals surface area contributed by atoms with Crippen LogP contribution in [0, 0.1) is 6.92 Å². The number of thiophene rings is 1. The normalized spacial score (nSPS) is 12.1. The van der Waals surface area contributed by atoms with Gasteiger partial charge in [0.15, 0.2) is 0 Å². The van der Waals surface area contributed by atoms with E-state index >= 15 is 0 Å². The van der Waals surface area contributed by atoms with Crippen molar-refractivity contribution in [1.29, 1.82) is 0 Å². The van der Waals surface area contributed by atoms with Crippen LogP contribution in [0.2, 0.25) is 0 Å². The minimum Gasteiger partial charge on any atom is -0.324 e. The van der Waals surface area contributed by atoms with E-state index in [4.69, 9.17) is 0 Å². The Morgan fingerprint density at radius 1 is 1.07 bits per heavy atom. The molecule has 1 N–H and O–H groups in total. The Bertz CT molecular complexity index is 1200. The standard InChI is InChI=1S/C22H19N3O2S/c1-14(20(26)24-17-11-7-4-8-12-17)25-13-23-21-19(22(25)27)18(15(2)28-21)16-9-5-3-6-10-16/h3-14H,1-2H3,(H,24,26)/t14-/m0/s1. The van der Waals surface area contributed by atoms with Crippen LogP contribution in [0.5, 0.6) is 0 Å². The molecule has 0 aliphatic rings. The molecular formula is C22H19N3O2S. The molecule has 2 heterocycles. The predicted octanol–water partition coefficient (Wildman–Crippen LogP) is 4.63. The van der Waals surface area contributed by atoms with Gasteiger partial charge in [-0.15, -0.1) is 11.3 Å². The largest absolute Gasteiger partial charge is 0.324 e. The monoisotopic (exact) mass is 389 g/mol. The summed E-state index contributed by atoms with van der Waals surface area (Å²) < 4.78 is 1.40. The van der Waals surface area contributed by atoms with Crippen LogP contribution in [0.1, 0.15) is 17.8 Å². The third-order valence-corrected chi connectivity index (χ3v) is 5.73. The topological polar surface area (TPSA) is 64.0 Å². The summed E-state index contributed by atoms with van der Waals surface area (Å²) in [6.45, 7) is 3.69. The number of aryl methyl sites for hydroxylation is 1. The Kier molecular flexibility index (Phi) is 4.79. The lowest BCUT2D eigenvalue weighted by molar-refractivity contribution is -0.118. The fraction of sp³-hybridized carbons (Fsp3) is 0.136. The Balaban J connectivity index is 1.77. The van der Waals surface area contributed by atoms with Crippen molar-refractivity contribution in [2.75, 3.05) is 5.32 Å². The molecule has 0 spiro atoms. The minimum absolute atomic E-state index is 0.205. The number of anilines is 1. The minimum atomic E-state index is -0.687. The Morgan fingerprint density at radius 2 is 1.71 bits per heavy atom. The summed E-state index contributed by atoms with van der Waals surface area (Å²) in [5.41, 5.74) is 2.36. The zero-order valence-corrected chi connectivity index (χ0v) is 16.4. The third kappa shape index (κ3) is 3.23. The van der Waals surface area contributed by atoms with E-state index in [0.717, 1.165) is 16.0 Å². The highest BCUT2D eigenvalue weighted by molar-refractivity contribution is 7.19. The average molecular weight is 389 g/mol. The van der Waals surface area contributed by atoms with Gasteiger partial charge in [-0.3, -0.25) is 14.2 Å². The van der Waals surface area contributed by atoms with Crippen LogP contribution in [0.15, 0.2) is 71.8 Å². The highest BCUT2D eigenvalue weighted by Gasteiger charge is 2.21. The highest BCUT2D eigenvalue weighted by atomic mass is 32.1. The number of rotatable bonds is 4. The SMILES string of the molecule is Cc1sc2ncn([C@@H](C)C(=O)Nc3ccccc3)c(=O)c2c1-c1ccccc1. The lowest BCUT2D eigenvalue weighted by Gasteiger charge is -2.15. The van der Waals surface area contributed by atoms with Gasteiger partial charge in [-0.2, -0.15) is 0 Å². The van der Waals surface area contributed by atoms with Gasteiger partial charge in [0.25, 0.3) is 5.56 Å². The second kappa shape index (κ2) is 7.40. The fourth-order valence-corrected chi connectivity index (χ4v) is 4.24. The molecule has 28 heavy (non-hydrogen) atoms. The number of carbonyl (C=O) groups is 1. The number of carbonyl (C=O) groups excluding carboxylic acids is 1. The molecule has 0 radical (unpaired) electrons. The van der Waals surface area contributed by atoms with E-state index in [1.165, 1.54) is 22.2 Å². The maximum atomic E-state index is 13.3. The Morgan fingerprint density at radius 3 is 2.39 bits per heavy atom. The molecule has 0 saturated heterocycles. The maximum Gasteiger partial charge on any atom is 0.263 e. The van der Waals surface area contributed by atoms with Crippen LogP contribution in [0.4, 0.5) is 5.69 Å². The molecule has 0 bridgehead atoms. The lowest BCUT2D eigenvalue weighted by atomic mass is 10.0. The molecule has 0 aliphatic heterocycles. The Hall–Kier alpha value is -3.25. The molecule has 0 unspecified atom stereocenters. The Labute approximate surface area is 166 Å². The number of amides is 1. The van der Waals surface area contributed by atoms with Crippen molar-refractivity contribution in [3.63, 3.8) is 0 Å². The summed E-state index contributed by atoms with van der Waals surface area (Å²) in [5.74, 6) is -0.261. The lowest BCUT2D eigenvalue weighted by Crippen LogP contribution is -2.31. The van der Waals surface area contributed by atoms with Crippen LogP contribution >= 0.6 is 11.3 Å². The van der Waals surface area contributed by atoms with Gasteiger partial charge in [-0.25, -0.2) is 4.98 Å². The van der Waals surface area contributed by atoms with Crippen molar-refractivity contribution in [1.82, 2.24) is 9.55 Å². The van der Waals surface area contributed by atoms with E-state index in [0.29, 0.717) is 15.9 Å². The molecule has 4 rings (SSSR count). The van der Waals surface area contributed by atoms with Gasteiger partial charge >= 0.3 is 0 Å². The van der Waals surface area contributed by atoms with Crippen LogP contribution in [-0.4, -0.2) is 15.5 Å². The van der Waals surface area contributed by atoms with Crippen molar-refractivity contribution >= 4 is 33.1 Å². The average Bonchev–Trinajstić information content (AvgIpc) is 3.06. The summed E-state index contributed by atoms with van der Waals surface area (Å²) in [5, 5.41) is 3.41. The van der Waals surface area contributed by atoms with Crippen molar-refractivity contribution in [2.45, 2.75) is 19.9 Å². The molecule has 6 heteroatoms. The summed E-state index contributed by atoms with van der Waals surface area (Å²) in [4.78, 5) is 32.1. The summed E-state index contributed by atoms with van der Waals surface area (Å²) in [6, 6.07) is 18.3. The molecule has 2 aromatic carbocycles. The first-order chi connectivity index (χ1) is 13.6. The number of hydrogen-bond donors (Lipinski definition) is 1. The van der Waals surface area contributed by atoms with E-state index in [1.807, 2.05) is 67.6 Å². The molecule has 0 aliphatic carbocycles. The molecule has 140 valence electrons. The molecule has 2 aromatic heterocycles. The zero-order chi connectivity index (χ0) is 19.7. The van der Waals surface area contributed by atoms with E-state index in [-0.39, 0.29) is 11.5 Å². The molecule has 4 aromatic rings. The van der Waals surface area contributed by atoms with Crippen LogP contribution in [-0.2, 0) is 4.79 Å². The summed E-state index contributed by atoms with van der Waals surface area (Å²) in [7, 11) is 0. The van der Waals surface area contributed by atoms with Crippen LogP contribution in [0.25, 0.3) is 21.3 Å². The second-order valence-corrected chi connectivity index (χ2v) is 7.77. The number of benzene rings is 2. The number of hydrogen-bond acceptors (Lipinski definition) is 4. The highest BCUT2D eigenvalue weighted by Crippen LogP contribution is 2.35. The van der Waals surface area contributed by atoms with E-state index in [1.54, 1.807) is 6.92 Å². The van der Waals surface area contributed by atoms with Gasteiger partial charge in [-0.1, -0.05) is 48.5 Å². The zero-order valence-electron chi connectivity index (χ0n) is 15.5. The van der Waals surface area contributed by atoms with Gasteiger partial charge in [0.05, 0.1) is 11.7 Å². The third-order valence-electron chi connectivity index (χ3n) is 4.71. The smallest absolute Gasteiger partial charge is 0.263 e. The summed E-state index contributed by atoms with van der Waals surface area (Å²) >= 11 is 1.49. The van der Waals surface area contributed by atoms with Gasteiger partial charge in [0.1, 0.15) is 10.9 Å². The van der Waals surface area contributed by atoms with Crippen LogP contribution < -0.4 is 10.9 Å². The van der Waals surface area contributed by atoms with Crippen molar-refractivity contribution in [2.24, 2.45) is 0 Å². The molecule has 5 nitrogen and oxygen atoms in total. The molecular weight excluding hydrogens is 370 g/mol. The number of nitrogens with zero attached hydrogens (tertiary/aromatic N) is 2. The van der Waals surface area contributed by atoms with Crippen LogP contribution in [0.3, 0.4) is 0 Å². The van der Waals surface area contributed by atoms with Crippen molar-refractivity contribution in [3.8, 4) is 11.1 Å². The number of fused-ring (bicyclic) bond motifs is 1. The van der Waals surface area contributed by atoms with Gasteiger partial charge in [0.2, 0.25) is 5.91 Å². The van der Waals surface area contributed by atoms with Gasteiger partial charge < -0.3 is 5.32 Å². The first-order valence-corrected chi connectivity index (χ1v) is 9.79. The number of nitrogens with one attached hydrogen (secondary N) is 1. The van der Waals surface area contributed by atoms with E-state index < -0.39 is 6.04 Å². The first kappa shape index (κ1) is 18.1. The first-order valence-electron chi connectivity index (χ1n) is 8.98. The number of aromatic nitrogens is 2. The molecule has 0 saturated carbocycles. The molecule has 0 fully saturated rings. The summed E-state index contributed by atoms with van der Waals surface area (Å²) in [6.07, 6.45) is 1.46. The van der Waals surface area contributed by atoms with E-state index in [9.17, 15) is 9.59 Å². The van der Waals surface area contributed by atoms with Gasteiger partial charge in [0, 0.05) is 16.1 Å². The molecule has 1 amide bonds. The quantitative estimate of drug-likeness (QED) is 0.553. The number of para-hydroxylation sites is 1. The van der Waals surface area contributed by atoms with Gasteiger partial charge in [-0.05, 0) is 31.5 Å². The van der Waals surface area contributed by atoms with Crippen molar-refractivity contribution in [3.05, 3.63) is 82.2 Å². The van der Waals surface area contributed by atoms with Crippen molar-refractivity contribution < 1.29 is 4.79 Å². The predicted molar refractivity (Wildman–Crippen MR) is 114 cm³/mol. The second-order valence-electron chi connectivity index (χ2n) is 6.57. The molecule has 1 atom stereocenters. The fourth-order valence-electron chi connectivity index (χ4n) is 3.24. The maximum absolute atomic E-state index is 13.3. The van der Waals surface area contributed by atoms with E-state index in [2.05, 4.69) is 10.3 Å².